The summed E-state index contributed by atoms with van der Waals surface area (Å²) in [5, 5.41) is 0. The lowest BCUT2D eigenvalue weighted by Gasteiger charge is -1.98. The predicted molar refractivity (Wildman–Crippen MR) is 63.7 cm³/mol. The van der Waals surface area contributed by atoms with E-state index in [9.17, 15) is 0 Å². The van der Waals surface area contributed by atoms with Crippen molar-refractivity contribution in [1.82, 2.24) is 4.98 Å². The molecule has 3 heteroatoms. The first-order chi connectivity index (χ1) is 7.16. The van der Waals surface area contributed by atoms with Crippen molar-refractivity contribution in [2.24, 2.45) is 0 Å². The molecule has 0 aliphatic carbocycles. The van der Waals surface area contributed by atoms with Gasteiger partial charge in [0.2, 0.25) is 0 Å². The lowest BCUT2D eigenvalue weighted by atomic mass is 10.2. The molecule has 15 heavy (non-hydrogen) atoms. The fourth-order valence-corrected chi connectivity index (χ4v) is 1.73. The van der Waals surface area contributed by atoms with E-state index in [1.807, 2.05) is 24.3 Å². The van der Waals surface area contributed by atoms with Crippen LogP contribution in [-0.4, -0.2) is 4.98 Å². The Morgan fingerprint density at radius 2 is 2.13 bits per heavy atom. The summed E-state index contributed by atoms with van der Waals surface area (Å²) in [4.78, 5) is 4.24. The Morgan fingerprint density at radius 3 is 2.73 bits per heavy atom. The zero-order valence-corrected chi connectivity index (χ0v) is 10.3. The lowest BCUT2D eigenvalue weighted by molar-refractivity contribution is 0.481. The Labute approximate surface area is 97.5 Å². The van der Waals surface area contributed by atoms with Crippen LogP contribution in [0, 0.1) is 0 Å². The molecule has 0 radical (unpaired) electrons. The summed E-state index contributed by atoms with van der Waals surface area (Å²) in [6, 6.07) is 8.00. The molecule has 0 fully saturated rings. The molecule has 0 saturated carbocycles. The third kappa shape index (κ3) is 2.29. The Kier molecular flexibility index (Phi) is 2.91. The van der Waals surface area contributed by atoms with E-state index in [0.717, 1.165) is 21.7 Å². The zero-order chi connectivity index (χ0) is 10.8. The monoisotopic (exact) mass is 265 g/mol. The fourth-order valence-electron chi connectivity index (χ4n) is 1.33. The highest BCUT2D eigenvalue weighted by atomic mass is 79.9. The first-order valence-electron chi connectivity index (χ1n) is 4.88. The van der Waals surface area contributed by atoms with Crippen LogP contribution >= 0.6 is 15.9 Å². The number of halogens is 1. The molecule has 2 aromatic rings. The van der Waals surface area contributed by atoms with Gasteiger partial charge >= 0.3 is 0 Å². The average molecular weight is 266 g/mol. The maximum Gasteiger partial charge on any atom is 0.197 e. The number of aromatic nitrogens is 1. The molecular formula is C12H12BrNO. The van der Waals surface area contributed by atoms with Crippen LogP contribution in [0.2, 0.25) is 0 Å². The SMILES string of the molecule is CC(C)c1ncc(-c2cccc(Br)c2)o1. The first-order valence-corrected chi connectivity index (χ1v) is 5.68. The highest BCUT2D eigenvalue weighted by Gasteiger charge is 2.09. The molecule has 0 saturated heterocycles. The van der Waals surface area contributed by atoms with Crippen LogP contribution < -0.4 is 0 Å². The molecule has 78 valence electrons. The van der Waals surface area contributed by atoms with Gasteiger partial charge in [-0.1, -0.05) is 41.9 Å². The van der Waals surface area contributed by atoms with Crippen molar-refractivity contribution >= 4 is 15.9 Å². The molecule has 0 aliphatic rings. The van der Waals surface area contributed by atoms with Crippen molar-refractivity contribution in [3.8, 4) is 11.3 Å². The summed E-state index contributed by atoms with van der Waals surface area (Å²) in [7, 11) is 0. The molecule has 0 aliphatic heterocycles. The van der Waals surface area contributed by atoms with Gasteiger partial charge in [-0.25, -0.2) is 4.98 Å². The van der Waals surface area contributed by atoms with E-state index in [-0.39, 0.29) is 0 Å². The van der Waals surface area contributed by atoms with Gasteiger partial charge < -0.3 is 4.42 Å². The molecule has 0 N–H and O–H groups in total. The number of oxazole rings is 1. The molecule has 0 amide bonds. The van der Waals surface area contributed by atoms with Gasteiger partial charge in [0, 0.05) is 16.0 Å². The van der Waals surface area contributed by atoms with E-state index in [4.69, 9.17) is 4.42 Å². The maximum absolute atomic E-state index is 5.65. The van der Waals surface area contributed by atoms with Crippen molar-refractivity contribution in [2.75, 3.05) is 0 Å². The number of hydrogen-bond donors (Lipinski definition) is 0. The number of hydrogen-bond acceptors (Lipinski definition) is 2. The molecule has 1 aromatic heterocycles. The summed E-state index contributed by atoms with van der Waals surface area (Å²) < 4.78 is 6.70. The van der Waals surface area contributed by atoms with Crippen molar-refractivity contribution in [1.29, 1.82) is 0 Å². The van der Waals surface area contributed by atoms with Crippen LogP contribution in [0.3, 0.4) is 0 Å². The van der Waals surface area contributed by atoms with Gasteiger partial charge in [-0.3, -0.25) is 0 Å². The normalized spacial score (nSPS) is 10.9. The van der Waals surface area contributed by atoms with Gasteiger partial charge in [0.05, 0.1) is 6.20 Å². The van der Waals surface area contributed by atoms with Crippen LogP contribution in [0.25, 0.3) is 11.3 Å². The van der Waals surface area contributed by atoms with Gasteiger partial charge in [-0.05, 0) is 12.1 Å². The molecule has 0 spiro atoms. The second-order valence-corrected chi connectivity index (χ2v) is 4.64. The highest BCUT2D eigenvalue weighted by Crippen LogP contribution is 2.25. The third-order valence-corrected chi connectivity index (χ3v) is 2.62. The molecule has 0 atom stereocenters. The summed E-state index contributed by atoms with van der Waals surface area (Å²) in [5.41, 5.74) is 1.05. The molecule has 2 rings (SSSR count). The predicted octanol–water partition coefficient (Wildman–Crippen LogP) is 4.23. The minimum atomic E-state index is 0.325. The van der Waals surface area contributed by atoms with E-state index in [2.05, 4.69) is 34.8 Å². The quantitative estimate of drug-likeness (QED) is 0.813. The third-order valence-electron chi connectivity index (χ3n) is 2.13. The van der Waals surface area contributed by atoms with Crippen LogP contribution in [-0.2, 0) is 0 Å². The lowest BCUT2D eigenvalue weighted by Crippen LogP contribution is -1.84. The van der Waals surface area contributed by atoms with Gasteiger partial charge in [-0.15, -0.1) is 0 Å². The van der Waals surface area contributed by atoms with Crippen molar-refractivity contribution < 1.29 is 4.42 Å². The van der Waals surface area contributed by atoms with Crippen LogP contribution in [0.4, 0.5) is 0 Å². The average Bonchev–Trinajstić information content (AvgIpc) is 2.66. The summed E-state index contributed by atoms with van der Waals surface area (Å²) in [5.74, 6) is 1.93. The smallest absolute Gasteiger partial charge is 0.197 e. The van der Waals surface area contributed by atoms with E-state index < -0.39 is 0 Å². The standard InChI is InChI=1S/C12H12BrNO/c1-8(2)12-14-7-11(15-12)9-4-3-5-10(13)6-9/h3-8H,1-2H3. The second kappa shape index (κ2) is 4.19. The second-order valence-electron chi connectivity index (χ2n) is 3.73. The van der Waals surface area contributed by atoms with Crippen LogP contribution in [0.1, 0.15) is 25.7 Å². The Hall–Kier alpha value is -1.09. The van der Waals surface area contributed by atoms with Crippen molar-refractivity contribution in [3.05, 3.63) is 40.8 Å². The van der Waals surface area contributed by atoms with E-state index in [1.54, 1.807) is 6.20 Å². The highest BCUT2D eigenvalue weighted by molar-refractivity contribution is 9.10. The topological polar surface area (TPSA) is 26.0 Å². The van der Waals surface area contributed by atoms with Gasteiger partial charge in [0.15, 0.2) is 11.7 Å². The van der Waals surface area contributed by atoms with Crippen LogP contribution in [0.5, 0.6) is 0 Å². The van der Waals surface area contributed by atoms with Crippen molar-refractivity contribution in [3.63, 3.8) is 0 Å². The van der Waals surface area contributed by atoms with Crippen LogP contribution in [0.15, 0.2) is 39.4 Å². The maximum atomic E-state index is 5.65. The largest absolute Gasteiger partial charge is 0.440 e. The van der Waals surface area contributed by atoms with Gasteiger partial charge in [0.25, 0.3) is 0 Å². The number of rotatable bonds is 2. The van der Waals surface area contributed by atoms with Gasteiger partial charge in [0.1, 0.15) is 0 Å². The molecule has 1 heterocycles. The van der Waals surface area contributed by atoms with E-state index in [0.29, 0.717) is 5.92 Å². The summed E-state index contributed by atoms with van der Waals surface area (Å²) in [6.45, 7) is 4.13. The Balaban J connectivity index is 2.37. The molecule has 0 unspecified atom stereocenters. The van der Waals surface area contributed by atoms with E-state index in [1.165, 1.54) is 0 Å². The Bertz CT molecular complexity index is 462. The first kappa shape index (κ1) is 10.4. The molecule has 2 nitrogen and oxygen atoms in total. The summed E-state index contributed by atoms with van der Waals surface area (Å²) >= 11 is 3.43. The number of nitrogens with zero attached hydrogens (tertiary/aromatic N) is 1. The molecular weight excluding hydrogens is 254 g/mol. The van der Waals surface area contributed by atoms with Crippen molar-refractivity contribution in [2.45, 2.75) is 19.8 Å². The minimum Gasteiger partial charge on any atom is -0.440 e. The number of benzene rings is 1. The zero-order valence-electron chi connectivity index (χ0n) is 8.70. The molecule has 0 bridgehead atoms. The minimum absolute atomic E-state index is 0.325. The van der Waals surface area contributed by atoms with Gasteiger partial charge in [-0.2, -0.15) is 0 Å². The summed E-state index contributed by atoms with van der Waals surface area (Å²) in [6.07, 6.45) is 1.77. The van der Waals surface area contributed by atoms with E-state index >= 15 is 0 Å². The fraction of sp³-hybridized carbons (Fsp3) is 0.250. The Morgan fingerprint density at radius 1 is 1.33 bits per heavy atom. The molecule has 1 aromatic carbocycles.